The monoisotopic (exact) mass is 541 g/mol. The van der Waals surface area contributed by atoms with E-state index in [1.54, 1.807) is 34.4 Å². The Labute approximate surface area is 201 Å². The Bertz CT molecular complexity index is 893. The number of aliphatic imine (C=N–C) groups is 1. The van der Waals surface area contributed by atoms with E-state index in [4.69, 9.17) is 14.2 Å². The van der Waals surface area contributed by atoms with E-state index in [1.807, 2.05) is 18.2 Å². The maximum Gasteiger partial charge on any atom is 0.203 e. The molecule has 0 aliphatic heterocycles. The summed E-state index contributed by atoms with van der Waals surface area (Å²) >= 11 is 0. The molecule has 0 aromatic heterocycles. The molecule has 0 bridgehead atoms. The lowest BCUT2D eigenvalue weighted by Crippen LogP contribution is -2.36. The number of benzene rings is 2. The quantitative estimate of drug-likeness (QED) is 0.281. The third-order valence-electron chi connectivity index (χ3n) is 5.47. The largest absolute Gasteiger partial charge is 0.508 e. The van der Waals surface area contributed by atoms with Crippen LogP contribution in [0.25, 0.3) is 0 Å². The maximum atomic E-state index is 10.4. The highest BCUT2D eigenvalue weighted by Crippen LogP contribution is 2.38. The molecule has 3 N–H and O–H groups in total. The molecule has 170 valence electrons. The van der Waals surface area contributed by atoms with E-state index < -0.39 is 0 Å². The number of halogens is 1. The molecule has 7 nitrogen and oxygen atoms in total. The minimum Gasteiger partial charge on any atom is -0.508 e. The fourth-order valence-electron chi connectivity index (χ4n) is 3.91. The summed E-state index contributed by atoms with van der Waals surface area (Å²) in [5.41, 5.74) is 4.54. The first kappa shape index (κ1) is 24.9. The van der Waals surface area contributed by atoms with Crippen LogP contribution in [0.4, 0.5) is 0 Å². The third kappa shape index (κ3) is 5.87. The van der Waals surface area contributed by atoms with Crippen LogP contribution in [-0.2, 0) is 25.9 Å². The first-order valence-corrected chi connectivity index (χ1v) is 10.2. The highest BCUT2D eigenvalue weighted by Gasteiger charge is 2.17. The van der Waals surface area contributed by atoms with Crippen LogP contribution in [0.2, 0.25) is 0 Å². The number of fused-ring (bicyclic) bond motifs is 1. The summed E-state index contributed by atoms with van der Waals surface area (Å²) in [5, 5.41) is 17.0. The van der Waals surface area contributed by atoms with E-state index in [-0.39, 0.29) is 24.0 Å². The Kier molecular flexibility index (Phi) is 9.54. The minimum absolute atomic E-state index is 0. The number of aromatic hydroxyl groups is 1. The minimum atomic E-state index is 0. The molecule has 0 saturated carbocycles. The van der Waals surface area contributed by atoms with Crippen LogP contribution in [0.15, 0.2) is 29.3 Å². The zero-order valence-corrected chi connectivity index (χ0v) is 20.9. The van der Waals surface area contributed by atoms with Gasteiger partial charge >= 0.3 is 0 Å². The van der Waals surface area contributed by atoms with Crippen molar-refractivity contribution in [3.63, 3.8) is 0 Å². The lowest BCUT2D eigenvalue weighted by Gasteiger charge is -2.21. The van der Waals surface area contributed by atoms with Gasteiger partial charge in [0.15, 0.2) is 17.5 Å². The van der Waals surface area contributed by atoms with Gasteiger partial charge in [0.25, 0.3) is 0 Å². The van der Waals surface area contributed by atoms with Crippen molar-refractivity contribution >= 4 is 29.9 Å². The Morgan fingerprint density at radius 3 is 2.23 bits per heavy atom. The lowest BCUT2D eigenvalue weighted by molar-refractivity contribution is 0.323. The summed E-state index contributed by atoms with van der Waals surface area (Å²) < 4.78 is 16.2. The smallest absolute Gasteiger partial charge is 0.203 e. The summed E-state index contributed by atoms with van der Waals surface area (Å²) in [7, 11) is 6.51. The number of methoxy groups -OCH3 is 3. The molecule has 0 unspecified atom stereocenters. The molecular formula is C23H32IN3O4. The summed E-state index contributed by atoms with van der Waals surface area (Å²) in [4.78, 5) is 4.30. The van der Waals surface area contributed by atoms with Crippen LogP contribution < -0.4 is 24.8 Å². The number of phenolic OH excluding ortho intramolecular Hbond substituents is 1. The van der Waals surface area contributed by atoms with Crippen LogP contribution in [0.1, 0.15) is 35.1 Å². The number of hydrogen-bond acceptors (Lipinski definition) is 5. The predicted molar refractivity (Wildman–Crippen MR) is 133 cm³/mol. The SMILES string of the molecule is CN=C(NCc1cc(OC)c(OC)c(OC)c1)NCc1c(O)ccc2c1CCCC2.I. The first-order chi connectivity index (χ1) is 14.6. The number of nitrogens with zero attached hydrogens (tertiary/aromatic N) is 1. The van der Waals surface area contributed by atoms with E-state index in [0.29, 0.717) is 42.0 Å². The van der Waals surface area contributed by atoms with Crippen molar-refractivity contribution in [1.29, 1.82) is 0 Å². The molecule has 1 aliphatic carbocycles. The molecular weight excluding hydrogens is 509 g/mol. The Balaban J connectivity index is 0.00000341. The van der Waals surface area contributed by atoms with Crippen LogP contribution in [-0.4, -0.2) is 39.4 Å². The molecule has 0 amide bonds. The second kappa shape index (κ2) is 11.9. The van der Waals surface area contributed by atoms with Crippen molar-refractivity contribution in [3.05, 3.63) is 46.5 Å². The Morgan fingerprint density at radius 1 is 0.968 bits per heavy atom. The zero-order valence-electron chi connectivity index (χ0n) is 18.6. The molecule has 3 rings (SSSR count). The van der Waals surface area contributed by atoms with Crippen molar-refractivity contribution in [2.45, 2.75) is 38.8 Å². The van der Waals surface area contributed by atoms with E-state index in [1.165, 1.54) is 17.5 Å². The van der Waals surface area contributed by atoms with Crippen molar-refractivity contribution in [1.82, 2.24) is 10.6 Å². The average molecular weight is 541 g/mol. The van der Waals surface area contributed by atoms with Crippen molar-refractivity contribution in [2.75, 3.05) is 28.4 Å². The van der Waals surface area contributed by atoms with Gasteiger partial charge in [0.05, 0.1) is 21.3 Å². The molecule has 2 aromatic rings. The van der Waals surface area contributed by atoms with Gasteiger partial charge in [-0.25, -0.2) is 0 Å². The fraction of sp³-hybridized carbons (Fsp3) is 0.435. The summed E-state index contributed by atoms with van der Waals surface area (Å²) in [6, 6.07) is 7.65. The zero-order chi connectivity index (χ0) is 21.5. The molecule has 0 spiro atoms. The number of ether oxygens (including phenoxy) is 3. The van der Waals surface area contributed by atoms with Gasteiger partial charge < -0.3 is 30.0 Å². The number of nitrogens with one attached hydrogen (secondary N) is 2. The third-order valence-corrected chi connectivity index (χ3v) is 5.47. The molecule has 8 heteroatoms. The van der Waals surface area contributed by atoms with Crippen LogP contribution in [0.3, 0.4) is 0 Å². The second-order valence-electron chi connectivity index (χ2n) is 7.22. The molecule has 1 aliphatic rings. The number of guanidine groups is 1. The van der Waals surface area contributed by atoms with Crippen molar-refractivity contribution in [2.24, 2.45) is 4.99 Å². The average Bonchev–Trinajstić information content (AvgIpc) is 2.79. The van der Waals surface area contributed by atoms with Gasteiger partial charge in [-0.05, 0) is 60.6 Å². The van der Waals surface area contributed by atoms with Crippen LogP contribution >= 0.6 is 24.0 Å². The van der Waals surface area contributed by atoms with E-state index in [0.717, 1.165) is 30.4 Å². The number of aryl methyl sites for hydroxylation is 1. The van der Waals surface area contributed by atoms with Crippen molar-refractivity contribution < 1.29 is 19.3 Å². The molecule has 0 saturated heterocycles. The van der Waals surface area contributed by atoms with Gasteiger partial charge in [-0.1, -0.05) is 6.07 Å². The van der Waals surface area contributed by atoms with Gasteiger partial charge in [0, 0.05) is 25.7 Å². The molecule has 31 heavy (non-hydrogen) atoms. The normalized spacial score (nSPS) is 13.0. The Hall–Kier alpha value is -2.36. The number of hydrogen-bond donors (Lipinski definition) is 3. The highest BCUT2D eigenvalue weighted by atomic mass is 127. The standard InChI is InChI=1S/C23H31N3O4.HI/c1-24-23(25-13-15-11-20(28-2)22(30-4)21(12-15)29-3)26-14-18-17-8-6-5-7-16(17)9-10-19(18)27;/h9-12,27H,5-8,13-14H2,1-4H3,(H2,24,25,26);1H. The van der Waals surface area contributed by atoms with Gasteiger partial charge in [-0.3, -0.25) is 4.99 Å². The molecule has 0 fully saturated rings. The first-order valence-electron chi connectivity index (χ1n) is 10.2. The van der Waals surface area contributed by atoms with Gasteiger partial charge in [-0.2, -0.15) is 0 Å². The molecule has 0 radical (unpaired) electrons. The van der Waals surface area contributed by atoms with E-state index >= 15 is 0 Å². The van der Waals surface area contributed by atoms with Gasteiger partial charge in [0.2, 0.25) is 5.75 Å². The summed E-state index contributed by atoms with van der Waals surface area (Å²) in [5.74, 6) is 2.77. The van der Waals surface area contributed by atoms with Crippen molar-refractivity contribution in [3.8, 4) is 23.0 Å². The Morgan fingerprint density at radius 2 is 1.61 bits per heavy atom. The van der Waals surface area contributed by atoms with E-state index in [2.05, 4.69) is 15.6 Å². The van der Waals surface area contributed by atoms with E-state index in [9.17, 15) is 5.11 Å². The molecule has 2 aromatic carbocycles. The van der Waals surface area contributed by atoms with Crippen LogP contribution in [0, 0.1) is 0 Å². The molecule has 0 heterocycles. The predicted octanol–water partition coefficient (Wildman–Crippen LogP) is 3.78. The topological polar surface area (TPSA) is 84.3 Å². The van der Waals surface area contributed by atoms with Gasteiger partial charge in [0.1, 0.15) is 5.75 Å². The maximum absolute atomic E-state index is 10.4. The number of phenols is 1. The number of rotatable bonds is 7. The molecule has 0 atom stereocenters. The lowest BCUT2D eigenvalue weighted by atomic mass is 9.88. The highest BCUT2D eigenvalue weighted by molar-refractivity contribution is 14.0. The summed E-state index contributed by atoms with van der Waals surface area (Å²) in [6.07, 6.45) is 4.47. The second-order valence-corrected chi connectivity index (χ2v) is 7.22. The summed E-state index contributed by atoms with van der Waals surface area (Å²) in [6.45, 7) is 1.04. The van der Waals surface area contributed by atoms with Gasteiger partial charge in [-0.15, -0.1) is 24.0 Å². The van der Waals surface area contributed by atoms with Crippen LogP contribution in [0.5, 0.6) is 23.0 Å². The fourth-order valence-corrected chi connectivity index (χ4v) is 3.91.